The van der Waals surface area contributed by atoms with E-state index < -0.39 is 11.9 Å². The molecule has 2 rings (SSSR count). The third-order valence-corrected chi connectivity index (χ3v) is 5.28. The summed E-state index contributed by atoms with van der Waals surface area (Å²) in [6.07, 6.45) is 3.17. The Hall–Kier alpha value is -2.46. The molecular formula is C17H19N3O5S2. The Morgan fingerprint density at radius 3 is 2.37 bits per heavy atom. The van der Waals surface area contributed by atoms with Crippen LogP contribution in [0, 0.1) is 6.92 Å². The molecule has 2 heterocycles. The quantitative estimate of drug-likeness (QED) is 0.403. The lowest BCUT2D eigenvalue weighted by Crippen LogP contribution is -2.16. The summed E-state index contributed by atoms with van der Waals surface area (Å²) in [5, 5.41) is 3.40. The fraction of sp³-hybridized carbons (Fsp3) is 0.353. The molecule has 2 aromatic rings. The molecule has 0 bridgehead atoms. The topological polar surface area (TPSA) is 107 Å². The molecule has 0 aromatic carbocycles. The van der Waals surface area contributed by atoms with Gasteiger partial charge < -0.3 is 14.8 Å². The van der Waals surface area contributed by atoms with Crippen LogP contribution in [0.3, 0.4) is 0 Å². The molecule has 144 valence electrons. The first kappa shape index (κ1) is 20.8. The van der Waals surface area contributed by atoms with Crippen LogP contribution in [0.25, 0.3) is 0 Å². The van der Waals surface area contributed by atoms with Crippen molar-refractivity contribution in [1.29, 1.82) is 0 Å². The molecule has 0 spiro atoms. The third kappa shape index (κ3) is 5.51. The smallest absolute Gasteiger partial charge is 0.348 e. The van der Waals surface area contributed by atoms with E-state index in [1.54, 1.807) is 39.2 Å². The van der Waals surface area contributed by atoms with Gasteiger partial charge in [-0.05, 0) is 32.4 Å². The van der Waals surface area contributed by atoms with Gasteiger partial charge in [-0.3, -0.25) is 4.79 Å². The van der Waals surface area contributed by atoms with Crippen molar-refractivity contribution in [2.45, 2.75) is 25.9 Å². The largest absolute Gasteiger partial charge is 0.462 e. The highest BCUT2D eigenvalue weighted by atomic mass is 32.2. The molecule has 0 aliphatic heterocycles. The number of carbonyl (C=O) groups excluding carboxylic acids is 3. The SMILES string of the molecule is CCOC(=O)c1sc(NC(=O)CSc2ncccn2)c(C(=O)OCC)c1C. The lowest BCUT2D eigenvalue weighted by Gasteiger charge is -2.06. The number of ether oxygens (including phenoxy) is 2. The van der Waals surface area contributed by atoms with Gasteiger partial charge in [-0.15, -0.1) is 11.3 Å². The van der Waals surface area contributed by atoms with Crippen molar-refractivity contribution in [3.63, 3.8) is 0 Å². The van der Waals surface area contributed by atoms with E-state index >= 15 is 0 Å². The summed E-state index contributed by atoms with van der Waals surface area (Å²) >= 11 is 2.15. The van der Waals surface area contributed by atoms with E-state index in [0.29, 0.717) is 10.7 Å². The van der Waals surface area contributed by atoms with Gasteiger partial charge in [0.1, 0.15) is 9.88 Å². The lowest BCUT2D eigenvalue weighted by molar-refractivity contribution is -0.113. The van der Waals surface area contributed by atoms with Gasteiger partial charge in [0.2, 0.25) is 5.91 Å². The zero-order valence-corrected chi connectivity index (χ0v) is 16.7. The van der Waals surface area contributed by atoms with Gasteiger partial charge in [-0.2, -0.15) is 0 Å². The van der Waals surface area contributed by atoms with Gasteiger partial charge in [0.05, 0.1) is 24.5 Å². The first-order valence-corrected chi connectivity index (χ1v) is 9.95. The van der Waals surface area contributed by atoms with Gasteiger partial charge in [0.15, 0.2) is 5.16 Å². The minimum absolute atomic E-state index is 0.0535. The highest BCUT2D eigenvalue weighted by molar-refractivity contribution is 7.99. The van der Waals surface area contributed by atoms with Crippen molar-refractivity contribution in [2.24, 2.45) is 0 Å². The Balaban J connectivity index is 2.20. The van der Waals surface area contributed by atoms with Crippen LogP contribution in [0.4, 0.5) is 5.00 Å². The van der Waals surface area contributed by atoms with E-state index in [1.807, 2.05) is 0 Å². The molecule has 8 nitrogen and oxygen atoms in total. The van der Waals surface area contributed by atoms with Gasteiger partial charge >= 0.3 is 11.9 Å². The van der Waals surface area contributed by atoms with Crippen molar-refractivity contribution in [1.82, 2.24) is 9.97 Å². The van der Waals surface area contributed by atoms with Gasteiger partial charge in [0.25, 0.3) is 0 Å². The second kappa shape index (κ2) is 10.0. The summed E-state index contributed by atoms with van der Waals surface area (Å²) in [5.74, 6) is -1.44. The zero-order chi connectivity index (χ0) is 19.8. The van der Waals surface area contributed by atoms with Gasteiger partial charge in [0, 0.05) is 12.4 Å². The predicted molar refractivity (Wildman–Crippen MR) is 102 cm³/mol. The maximum atomic E-state index is 12.3. The number of thiophene rings is 1. The van der Waals surface area contributed by atoms with E-state index in [4.69, 9.17) is 9.47 Å². The Morgan fingerprint density at radius 2 is 1.74 bits per heavy atom. The van der Waals surface area contributed by atoms with Crippen LogP contribution in [0.15, 0.2) is 23.6 Å². The van der Waals surface area contributed by atoms with Crippen LogP contribution in [0.5, 0.6) is 0 Å². The fourth-order valence-electron chi connectivity index (χ4n) is 2.09. The maximum Gasteiger partial charge on any atom is 0.348 e. The van der Waals surface area contributed by atoms with Crippen molar-refractivity contribution in [3.8, 4) is 0 Å². The van der Waals surface area contributed by atoms with E-state index in [-0.39, 0.29) is 40.3 Å². The van der Waals surface area contributed by atoms with Crippen LogP contribution in [-0.2, 0) is 14.3 Å². The van der Waals surface area contributed by atoms with E-state index in [2.05, 4.69) is 15.3 Å². The third-order valence-electron chi connectivity index (χ3n) is 3.21. The highest BCUT2D eigenvalue weighted by Crippen LogP contribution is 2.34. The van der Waals surface area contributed by atoms with Crippen LogP contribution in [-0.4, -0.2) is 46.8 Å². The number of nitrogens with one attached hydrogen (secondary N) is 1. The molecule has 0 saturated carbocycles. The Labute approximate surface area is 164 Å². The van der Waals surface area contributed by atoms with Crippen LogP contribution in [0.1, 0.15) is 39.4 Å². The molecule has 0 radical (unpaired) electrons. The number of amides is 1. The number of anilines is 1. The molecule has 27 heavy (non-hydrogen) atoms. The Morgan fingerprint density at radius 1 is 1.11 bits per heavy atom. The molecule has 0 atom stereocenters. The molecule has 2 aromatic heterocycles. The summed E-state index contributed by atoms with van der Waals surface area (Å²) in [7, 11) is 0. The molecule has 0 aliphatic rings. The number of rotatable bonds is 8. The van der Waals surface area contributed by atoms with Crippen LogP contribution in [0.2, 0.25) is 0 Å². The van der Waals surface area contributed by atoms with Crippen LogP contribution < -0.4 is 5.32 Å². The number of hydrogen-bond donors (Lipinski definition) is 1. The molecule has 10 heteroatoms. The van der Waals surface area contributed by atoms with Crippen molar-refractivity contribution >= 4 is 45.9 Å². The number of thioether (sulfide) groups is 1. The summed E-state index contributed by atoms with van der Waals surface area (Å²) in [5.41, 5.74) is 0.588. The van der Waals surface area contributed by atoms with Crippen molar-refractivity contribution < 1.29 is 23.9 Å². The lowest BCUT2D eigenvalue weighted by atomic mass is 10.1. The molecule has 0 saturated heterocycles. The first-order valence-electron chi connectivity index (χ1n) is 8.15. The monoisotopic (exact) mass is 409 g/mol. The highest BCUT2D eigenvalue weighted by Gasteiger charge is 2.27. The number of carbonyl (C=O) groups is 3. The summed E-state index contributed by atoms with van der Waals surface area (Å²) in [4.78, 5) is 45.0. The minimum atomic E-state index is -0.601. The first-order chi connectivity index (χ1) is 13.0. The van der Waals surface area contributed by atoms with Crippen molar-refractivity contribution in [2.75, 3.05) is 24.3 Å². The van der Waals surface area contributed by atoms with Crippen molar-refractivity contribution in [3.05, 3.63) is 34.5 Å². The fourth-order valence-corrected chi connectivity index (χ4v) is 3.80. The number of esters is 2. The summed E-state index contributed by atoms with van der Waals surface area (Å²) in [6.45, 7) is 5.38. The average Bonchev–Trinajstić information content (AvgIpc) is 2.97. The molecule has 0 fully saturated rings. The van der Waals surface area contributed by atoms with Gasteiger partial charge in [-0.25, -0.2) is 19.6 Å². The molecule has 1 N–H and O–H groups in total. The zero-order valence-electron chi connectivity index (χ0n) is 15.1. The molecule has 1 amide bonds. The number of aromatic nitrogens is 2. The number of nitrogens with zero attached hydrogens (tertiary/aromatic N) is 2. The van der Waals surface area contributed by atoms with Gasteiger partial charge in [-0.1, -0.05) is 11.8 Å². The van der Waals surface area contributed by atoms with E-state index in [9.17, 15) is 14.4 Å². The predicted octanol–water partition coefficient (Wildman–Crippen LogP) is 2.93. The Kier molecular flexibility index (Phi) is 7.74. The van der Waals surface area contributed by atoms with E-state index in [0.717, 1.165) is 23.1 Å². The van der Waals surface area contributed by atoms with Crippen LogP contribution >= 0.6 is 23.1 Å². The maximum absolute atomic E-state index is 12.3. The number of hydrogen-bond acceptors (Lipinski definition) is 9. The average molecular weight is 409 g/mol. The summed E-state index contributed by atoms with van der Waals surface area (Å²) < 4.78 is 10.1. The molecular weight excluding hydrogens is 390 g/mol. The second-order valence-electron chi connectivity index (χ2n) is 5.07. The van der Waals surface area contributed by atoms with E-state index in [1.165, 1.54) is 0 Å². The standard InChI is InChI=1S/C17H19N3O5S2/c1-4-24-15(22)12-10(3)13(16(23)25-5-2)27-14(12)20-11(21)9-26-17-18-7-6-8-19-17/h6-8H,4-5,9H2,1-3H3,(H,20,21). The Bertz CT molecular complexity index is 823. The molecule has 0 aliphatic carbocycles. The normalized spacial score (nSPS) is 10.3. The molecule has 0 unspecified atom stereocenters. The minimum Gasteiger partial charge on any atom is -0.462 e. The summed E-state index contributed by atoms with van der Waals surface area (Å²) in [6, 6.07) is 1.68. The second-order valence-corrected chi connectivity index (χ2v) is 7.03.